The number of amides is 2. The zero-order valence-electron chi connectivity index (χ0n) is 17.1. The fourth-order valence-electron chi connectivity index (χ4n) is 3.01. The third kappa shape index (κ3) is 7.06. The summed E-state index contributed by atoms with van der Waals surface area (Å²) in [6.45, 7) is 6.73. The number of hydrogen-bond donors (Lipinski definition) is 1. The van der Waals surface area contributed by atoms with Crippen molar-refractivity contribution in [3.63, 3.8) is 0 Å². The second-order valence-electron chi connectivity index (χ2n) is 7.47. The maximum Gasteiger partial charge on any atom is 0.243 e. The van der Waals surface area contributed by atoms with Crippen LogP contribution in [0.1, 0.15) is 38.3 Å². The van der Waals surface area contributed by atoms with Crippen LogP contribution < -0.4 is 5.32 Å². The summed E-state index contributed by atoms with van der Waals surface area (Å²) in [5, 5.41) is 3.87. The number of nitrogens with zero attached hydrogens (tertiary/aromatic N) is 1. The number of carbonyl (C=O) groups is 2. The van der Waals surface area contributed by atoms with Crippen LogP contribution >= 0.6 is 23.2 Å². The SMILES string of the molecule is CCC(=O)N(Cc1ccc(Cl)c(Cl)c1)C(Cc1ccccc1)C(=O)NCC(C)C. The van der Waals surface area contributed by atoms with E-state index >= 15 is 0 Å². The zero-order valence-corrected chi connectivity index (χ0v) is 18.6. The molecule has 2 rings (SSSR count). The zero-order chi connectivity index (χ0) is 21.4. The van der Waals surface area contributed by atoms with Crippen molar-refractivity contribution < 1.29 is 9.59 Å². The van der Waals surface area contributed by atoms with Crippen LogP contribution in [0.15, 0.2) is 48.5 Å². The molecule has 2 amide bonds. The average Bonchev–Trinajstić information content (AvgIpc) is 2.71. The van der Waals surface area contributed by atoms with Gasteiger partial charge in [0.15, 0.2) is 0 Å². The van der Waals surface area contributed by atoms with Gasteiger partial charge in [0.05, 0.1) is 10.0 Å². The highest BCUT2D eigenvalue weighted by Crippen LogP contribution is 2.24. The Morgan fingerprint density at radius 2 is 1.69 bits per heavy atom. The van der Waals surface area contributed by atoms with Crippen LogP contribution in [-0.4, -0.2) is 29.3 Å². The number of halogens is 2. The normalized spacial score (nSPS) is 11.9. The van der Waals surface area contributed by atoms with Gasteiger partial charge in [-0.1, -0.05) is 80.4 Å². The number of benzene rings is 2. The lowest BCUT2D eigenvalue weighted by Gasteiger charge is -2.31. The summed E-state index contributed by atoms with van der Waals surface area (Å²) in [6, 6.07) is 14.4. The molecule has 0 fully saturated rings. The van der Waals surface area contributed by atoms with E-state index in [9.17, 15) is 9.59 Å². The minimum Gasteiger partial charge on any atom is -0.354 e. The molecule has 0 aromatic heterocycles. The van der Waals surface area contributed by atoms with Crippen LogP contribution in [0.25, 0.3) is 0 Å². The molecule has 29 heavy (non-hydrogen) atoms. The summed E-state index contributed by atoms with van der Waals surface area (Å²) < 4.78 is 0. The summed E-state index contributed by atoms with van der Waals surface area (Å²) >= 11 is 12.2. The van der Waals surface area contributed by atoms with E-state index in [0.29, 0.717) is 35.3 Å². The van der Waals surface area contributed by atoms with E-state index in [1.54, 1.807) is 24.0 Å². The Bertz CT molecular complexity index is 825. The Balaban J connectivity index is 2.34. The van der Waals surface area contributed by atoms with E-state index in [-0.39, 0.29) is 18.4 Å². The molecule has 0 aliphatic carbocycles. The fraction of sp³-hybridized carbons (Fsp3) is 0.391. The molecule has 0 spiro atoms. The minimum atomic E-state index is -0.613. The van der Waals surface area contributed by atoms with Crippen LogP contribution in [0.4, 0.5) is 0 Å². The van der Waals surface area contributed by atoms with Gasteiger partial charge in [-0.25, -0.2) is 0 Å². The van der Waals surface area contributed by atoms with Crippen LogP contribution in [0.5, 0.6) is 0 Å². The molecule has 0 aliphatic rings. The van der Waals surface area contributed by atoms with E-state index in [2.05, 4.69) is 5.32 Å². The monoisotopic (exact) mass is 434 g/mol. The molecule has 1 atom stereocenters. The van der Waals surface area contributed by atoms with Crippen LogP contribution in [0, 0.1) is 5.92 Å². The van der Waals surface area contributed by atoms with E-state index in [1.165, 1.54) is 0 Å². The number of nitrogens with one attached hydrogen (secondary N) is 1. The van der Waals surface area contributed by atoms with Gasteiger partial charge >= 0.3 is 0 Å². The van der Waals surface area contributed by atoms with Gasteiger partial charge in [0.1, 0.15) is 6.04 Å². The number of hydrogen-bond acceptors (Lipinski definition) is 2. The molecule has 1 unspecified atom stereocenters. The first kappa shape index (κ1) is 23.2. The third-order valence-corrected chi connectivity index (χ3v) is 5.33. The van der Waals surface area contributed by atoms with Crippen LogP contribution in [-0.2, 0) is 22.6 Å². The van der Waals surface area contributed by atoms with Crippen molar-refractivity contribution in [2.75, 3.05) is 6.54 Å². The smallest absolute Gasteiger partial charge is 0.243 e. The Kier molecular flexibility index (Phi) is 8.99. The lowest BCUT2D eigenvalue weighted by atomic mass is 10.0. The molecule has 0 radical (unpaired) electrons. The second-order valence-corrected chi connectivity index (χ2v) is 8.28. The Morgan fingerprint density at radius 1 is 1.00 bits per heavy atom. The molecule has 1 N–H and O–H groups in total. The molecule has 0 heterocycles. The molecule has 4 nitrogen and oxygen atoms in total. The van der Waals surface area contributed by atoms with Gasteiger partial charge in [0, 0.05) is 25.9 Å². The van der Waals surface area contributed by atoms with E-state index in [4.69, 9.17) is 23.2 Å². The van der Waals surface area contributed by atoms with Gasteiger partial charge in [-0.15, -0.1) is 0 Å². The predicted molar refractivity (Wildman–Crippen MR) is 119 cm³/mol. The first-order valence-electron chi connectivity index (χ1n) is 9.86. The first-order valence-corrected chi connectivity index (χ1v) is 10.6. The highest BCUT2D eigenvalue weighted by Gasteiger charge is 2.29. The standard InChI is InChI=1S/C23H28Cl2N2O2/c1-4-22(28)27(15-18-10-11-19(24)20(25)12-18)21(23(29)26-14-16(2)3)13-17-8-6-5-7-9-17/h5-12,16,21H,4,13-15H2,1-3H3,(H,26,29). The summed E-state index contributed by atoms with van der Waals surface area (Å²) in [5.74, 6) is 0.0860. The fourth-order valence-corrected chi connectivity index (χ4v) is 3.33. The summed E-state index contributed by atoms with van der Waals surface area (Å²) in [4.78, 5) is 27.5. The molecule has 6 heteroatoms. The molecule has 0 bridgehead atoms. The summed E-state index contributed by atoms with van der Waals surface area (Å²) in [7, 11) is 0. The van der Waals surface area contributed by atoms with Gasteiger partial charge in [0.25, 0.3) is 0 Å². The van der Waals surface area contributed by atoms with Crippen molar-refractivity contribution >= 4 is 35.0 Å². The molecular formula is C23H28Cl2N2O2. The highest BCUT2D eigenvalue weighted by molar-refractivity contribution is 6.42. The van der Waals surface area contributed by atoms with Crippen molar-refractivity contribution in [1.82, 2.24) is 10.2 Å². The van der Waals surface area contributed by atoms with Gasteiger partial charge in [-0.2, -0.15) is 0 Å². The average molecular weight is 435 g/mol. The molecule has 2 aromatic rings. The maximum absolute atomic E-state index is 13.1. The van der Waals surface area contributed by atoms with E-state index < -0.39 is 6.04 Å². The van der Waals surface area contributed by atoms with Crippen molar-refractivity contribution in [1.29, 1.82) is 0 Å². The van der Waals surface area contributed by atoms with E-state index in [1.807, 2.05) is 50.2 Å². The molecule has 0 aliphatic heterocycles. The molecule has 0 saturated carbocycles. The quantitative estimate of drug-likeness (QED) is 0.595. The first-order chi connectivity index (χ1) is 13.8. The largest absolute Gasteiger partial charge is 0.354 e. The minimum absolute atomic E-state index is 0.0864. The Hall–Kier alpha value is -2.04. The lowest BCUT2D eigenvalue weighted by Crippen LogP contribution is -2.50. The van der Waals surface area contributed by atoms with Crippen molar-refractivity contribution in [2.24, 2.45) is 5.92 Å². The lowest BCUT2D eigenvalue weighted by molar-refractivity contribution is -0.141. The van der Waals surface area contributed by atoms with Gasteiger partial charge in [0.2, 0.25) is 11.8 Å². The highest BCUT2D eigenvalue weighted by atomic mass is 35.5. The predicted octanol–water partition coefficient (Wildman–Crippen LogP) is 5.12. The van der Waals surface area contributed by atoms with Gasteiger partial charge in [-0.05, 0) is 29.2 Å². The Morgan fingerprint density at radius 3 is 2.28 bits per heavy atom. The van der Waals surface area contributed by atoms with Crippen LogP contribution in [0.3, 0.4) is 0 Å². The molecule has 0 saturated heterocycles. The van der Waals surface area contributed by atoms with Gasteiger partial charge < -0.3 is 10.2 Å². The van der Waals surface area contributed by atoms with Crippen molar-refractivity contribution in [3.05, 3.63) is 69.7 Å². The third-order valence-electron chi connectivity index (χ3n) is 4.60. The molecule has 2 aromatic carbocycles. The van der Waals surface area contributed by atoms with Gasteiger partial charge in [-0.3, -0.25) is 9.59 Å². The second kappa shape index (κ2) is 11.2. The van der Waals surface area contributed by atoms with Crippen molar-refractivity contribution in [2.45, 2.75) is 46.2 Å². The van der Waals surface area contributed by atoms with E-state index in [0.717, 1.165) is 11.1 Å². The maximum atomic E-state index is 13.1. The number of rotatable bonds is 9. The van der Waals surface area contributed by atoms with Crippen LogP contribution in [0.2, 0.25) is 10.0 Å². The molecule has 156 valence electrons. The van der Waals surface area contributed by atoms with Crippen molar-refractivity contribution in [3.8, 4) is 0 Å². The molecular weight excluding hydrogens is 407 g/mol. The summed E-state index contributed by atoms with van der Waals surface area (Å²) in [5.41, 5.74) is 1.83. The summed E-state index contributed by atoms with van der Waals surface area (Å²) in [6.07, 6.45) is 0.752. The topological polar surface area (TPSA) is 49.4 Å². The number of carbonyl (C=O) groups excluding carboxylic acids is 2. The Labute approximate surface area is 183 Å².